The molecule has 0 aliphatic carbocycles. The number of likely N-dealkylation sites (tertiary alicyclic amines) is 1. The highest BCUT2D eigenvalue weighted by molar-refractivity contribution is 4.98. The van der Waals surface area contributed by atoms with Crippen molar-refractivity contribution in [3.8, 4) is 0 Å². The third-order valence-corrected chi connectivity index (χ3v) is 2.64. The Hall–Kier alpha value is -0.120. The van der Waals surface area contributed by atoms with E-state index in [9.17, 15) is 0 Å². The molecule has 0 aromatic rings. The first-order valence-electron chi connectivity index (χ1n) is 5.18. The Morgan fingerprint density at radius 3 is 2.54 bits per heavy atom. The van der Waals surface area contributed by atoms with Crippen LogP contribution in [-0.4, -0.2) is 42.8 Å². The number of nitrogens with zero attached hydrogens (tertiary/aromatic N) is 1. The fourth-order valence-corrected chi connectivity index (χ4v) is 1.64. The summed E-state index contributed by atoms with van der Waals surface area (Å²) in [4.78, 5) is 2.35. The molecule has 13 heavy (non-hydrogen) atoms. The summed E-state index contributed by atoms with van der Waals surface area (Å²) in [5.41, 5.74) is 6.14. The summed E-state index contributed by atoms with van der Waals surface area (Å²) in [7, 11) is 0. The molecule has 78 valence electrons. The van der Waals surface area contributed by atoms with Crippen LogP contribution in [0, 0.1) is 0 Å². The first kappa shape index (κ1) is 11.0. The average Bonchev–Trinajstić information content (AvgIpc) is 2.00. The Balaban J connectivity index is 2.02. The van der Waals surface area contributed by atoms with Gasteiger partial charge in [0.2, 0.25) is 0 Å². The maximum absolute atomic E-state index is 6.04. The van der Waals surface area contributed by atoms with Crippen molar-refractivity contribution >= 4 is 0 Å². The Kier molecular flexibility index (Phi) is 3.71. The van der Waals surface area contributed by atoms with Gasteiger partial charge in [0, 0.05) is 25.2 Å². The minimum atomic E-state index is 0.0951. The van der Waals surface area contributed by atoms with Gasteiger partial charge in [-0.15, -0.1) is 0 Å². The van der Waals surface area contributed by atoms with E-state index >= 15 is 0 Å². The first-order valence-corrected chi connectivity index (χ1v) is 5.18. The van der Waals surface area contributed by atoms with Crippen molar-refractivity contribution in [1.82, 2.24) is 4.90 Å². The summed E-state index contributed by atoms with van der Waals surface area (Å²) in [6.45, 7) is 10.2. The van der Waals surface area contributed by atoms with Crippen LogP contribution in [0.3, 0.4) is 0 Å². The minimum Gasteiger partial charge on any atom is -0.377 e. The van der Waals surface area contributed by atoms with Crippen LogP contribution in [-0.2, 0) is 4.74 Å². The molecule has 0 atom stereocenters. The van der Waals surface area contributed by atoms with Crippen molar-refractivity contribution in [3.05, 3.63) is 0 Å². The van der Waals surface area contributed by atoms with Crippen LogP contribution in [0.4, 0.5) is 0 Å². The zero-order chi connectivity index (χ0) is 9.90. The second kappa shape index (κ2) is 4.40. The molecule has 3 nitrogen and oxygen atoms in total. The second-order valence-corrected chi connectivity index (χ2v) is 4.35. The number of nitrogens with two attached hydrogens (primary N) is 1. The standard InChI is InChI=1S/C10H22N2O/c1-4-10(11)7-12(8-10)5-6-13-9(2)3/h9H,4-8,11H2,1-3H3. The van der Waals surface area contributed by atoms with Gasteiger partial charge in [0.25, 0.3) is 0 Å². The molecule has 0 saturated carbocycles. The van der Waals surface area contributed by atoms with E-state index < -0.39 is 0 Å². The molecular weight excluding hydrogens is 164 g/mol. The molecule has 1 heterocycles. The van der Waals surface area contributed by atoms with Gasteiger partial charge in [-0.1, -0.05) is 6.92 Å². The maximum atomic E-state index is 6.04. The molecule has 0 aromatic heterocycles. The topological polar surface area (TPSA) is 38.5 Å². The molecule has 1 rings (SSSR count). The van der Waals surface area contributed by atoms with Crippen molar-refractivity contribution in [2.45, 2.75) is 38.8 Å². The summed E-state index contributed by atoms with van der Waals surface area (Å²) in [6, 6.07) is 0. The van der Waals surface area contributed by atoms with Gasteiger partial charge >= 0.3 is 0 Å². The van der Waals surface area contributed by atoms with Crippen molar-refractivity contribution in [3.63, 3.8) is 0 Å². The lowest BCUT2D eigenvalue weighted by Gasteiger charge is -2.47. The van der Waals surface area contributed by atoms with E-state index in [1.165, 1.54) is 0 Å². The highest BCUT2D eigenvalue weighted by Gasteiger charge is 2.36. The normalized spacial score (nSPS) is 21.9. The first-order chi connectivity index (χ1) is 6.06. The quantitative estimate of drug-likeness (QED) is 0.691. The molecule has 0 unspecified atom stereocenters. The van der Waals surface area contributed by atoms with E-state index in [4.69, 9.17) is 10.5 Å². The van der Waals surface area contributed by atoms with Gasteiger partial charge in [-0.2, -0.15) is 0 Å². The minimum absolute atomic E-state index is 0.0951. The molecule has 0 aromatic carbocycles. The molecule has 2 N–H and O–H groups in total. The highest BCUT2D eigenvalue weighted by Crippen LogP contribution is 2.20. The van der Waals surface area contributed by atoms with E-state index in [0.29, 0.717) is 6.10 Å². The van der Waals surface area contributed by atoms with Gasteiger partial charge in [-0.25, -0.2) is 0 Å². The van der Waals surface area contributed by atoms with Crippen LogP contribution in [0.25, 0.3) is 0 Å². The molecule has 1 aliphatic rings. The summed E-state index contributed by atoms with van der Waals surface area (Å²) >= 11 is 0. The SMILES string of the molecule is CCC1(N)CN(CCOC(C)C)C1. The van der Waals surface area contributed by atoms with Gasteiger partial charge in [-0.05, 0) is 20.3 Å². The predicted molar refractivity (Wildman–Crippen MR) is 54.7 cm³/mol. The van der Waals surface area contributed by atoms with Gasteiger partial charge in [-0.3, -0.25) is 4.90 Å². The lowest BCUT2D eigenvalue weighted by molar-refractivity contribution is 0.0126. The fraction of sp³-hybridized carbons (Fsp3) is 1.00. The molecule has 0 amide bonds. The largest absolute Gasteiger partial charge is 0.377 e. The van der Waals surface area contributed by atoms with E-state index in [-0.39, 0.29) is 5.54 Å². The zero-order valence-corrected chi connectivity index (χ0v) is 9.05. The molecule has 0 radical (unpaired) electrons. The third-order valence-electron chi connectivity index (χ3n) is 2.64. The monoisotopic (exact) mass is 186 g/mol. The Morgan fingerprint density at radius 1 is 1.46 bits per heavy atom. The number of hydrogen-bond acceptors (Lipinski definition) is 3. The number of hydrogen-bond donors (Lipinski definition) is 1. The van der Waals surface area contributed by atoms with Crippen molar-refractivity contribution < 1.29 is 4.74 Å². The zero-order valence-electron chi connectivity index (χ0n) is 9.05. The molecule has 0 bridgehead atoms. The van der Waals surface area contributed by atoms with Crippen LogP contribution in [0.15, 0.2) is 0 Å². The third kappa shape index (κ3) is 3.25. The van der Waals surface area contributed by atoms with Crippen LogP contribution < -0.4 is 5.73 Å². The van der Waals surface area contributed by atoms with Gasteiger partial charge < -0.3 is 10.5 Å². The average molecular weight is 186 g/mol. The second-order valence-electron chi connectivity index (χ2n) is 4.35. The van der Waals surface area contributed by atoms with E-state index in [2.05, 4.69) is 25.7 Å². The van der Waals surface area contributed by atoms with Crippen LogP contribution >= 0.6 is 0 Å². The Bertz CT molecular complexity index is 153. The summed E-state index contributed by atoms with van der Waals surface area (Å²) in [5, 5.41) is 0. The summed E-state index contributed by atoms with van der Waals surface area (Å²) in [5.74, 6) is 0. The smallest absolute Gasteiger partial charge is 0.0596 e. The van der Waals surface area contributed by atoms with Crippen LogP contribution in [0.2, 0.25) is 0 Å². The van der Waals surface area contributed by atoms with Crippen molar-refractivity contribution in [2.24, 2.45) is 5.73 Å². The summed E-state index contributed by atoms with van der Waals surface area (Å²) in [6.07, 6.45) is 1.42. The molecule has 1 fully saturated rings. The summed E-state index contributed by atoms with van der Waals surface area (Å²) < 4.78 is 5.47. The van der Waals surface area contributed by atoms with Gasteiger partial charge in [0.05, 0.1) is 12.7 Å². The van der Waals surface area contributed by atoms with Crippen molar-refractivity contribution in [2.75, 3.05) is 26.2 Å². The van der Waals surface area contributed by atoms with Crippen LogP contribution in [0.1, 0.15) is 27.2 Å². The number of ether oxygens (including phenoxy) is 1. The molecule has 1 aliphatic heterocycles. The van der Waals surface area contributed by atoms with Crippen molar-refractivity contribution in [1.29, 1.82) is 0 Å². The molecule has 3 heteroatoms. The van der Waals surface area contributed by atoms with Crippen LogP contribution in [0.5, 0.6) is 0 Å². The fourth-order valence-electron chi connectivity index (χ4n) is 1.64. The Labute approximate surface area is 81.2 Å². The van der Waals surface area contributed by atoms with Gasteiger partial charge in [0.15, 0.2) is 0 Å². The molecule has 1 saturated heterocycles. The highest BCUT2D eigenvalue weighted by atomic mass is 16.5. The van der Waals surface area contributed by atoms with E-state index in [0.717, 1.165) is 32.7 Å². The maximum Gasteiger partial charge on any atom is 0.0596 e. The Morgan fingerprint density at radius 2 is 2.08 bits per heavy atom. The lowest BCUT2D eigenvalue weighted by atomic mass is 9.88. The predicted octanol–water partition coefficient (Wildman–Crippen LogP) is 0.834. The van der Waals surface area contributed by atoms with E-state index in [1.54, 1.807) is 0 Å². The number of rotatable bonds is 5. The van der Waals surface area contributed by atoms with E-state index in [1.807, 2.05) is 0 Å². The molecular formula is C10H22N2O. The van der Waals surface area contributed by atoms with Gasteiger partial charge in [0.1, 0.15) is 0 Å². The lowest BCUT2D eigenvalue weighted by Crippen LogP contribution is -2.67. The molecule has 0 spiro atoms.